The summed E-state index contributed by atoms with van der Waals surface area (Å²) in [5.41, 5.74) is 2.38. The normalized spacial score (nSPS) is 11.2. The summed E-state index contributed by atoms with van der Waals surface area (Å²) in [6.45, 7) is 12.8. The van der Waals surface area contributed by atoms with Crippen molar-refractivity contribution in [3.05, 3.63) is 46.6 Å². The quantitative estimate of drug-likeness (QED) is 0.0931. The number of pyridine rings is 1. The van der Waals surface area contributed by atoms with Gasteiger partial charge >= 0.3 is 0 Å². The third kappa shape index (κ3) is 11.0. The lowest BCUT2D eigenvalue weighted by atomic mass is 10.0. The van der Waals surface area contributed by atoms with Crippen molar-refractivity contribution in [1.82, 2.24) is 4.57 Å². The SMILES string of the molecule is CCCCCCCCCCCCCCCCn1c(-c2ccc(OCC)cc2)c(OCC)c(=O)c2c(OCC)cc(OCC)cc21. The van der Waals surface area contributed by atoms with Crippen molar-refractivity contribution in [3.8, 4) is 34.3 Å². The minimum Gasteiger partial charge on any atom is -0.494 e. The number of nitrogens with zero attached hydrogens (tertiary/aromatic N) is 1. The van der Waals surface area contributed by atoms with Crippen LogP contribution in [-0.2, 0) is 6.54 Å². The van der Waals surface area contributed by atoms with E-state index in [0.717, 1.165) is 41.9 Å². The Balaban J connectivity index is 1.81. The Bertz CT molecular complexity index is 1310. The second-order valence-electron chi connectivity index (χ2n) is 11.8. The van der Waals surface area contributed by atoms with Crippen molar-refractivity contribution < 1.29 is 18.9 Å². The lowest BCUT2D eigenvalue weighted by molar-refractivity contribution is 0.324. The van der Waals surface area contributed by atoms with Gasteiger partial charge in [0.15, 0.2) is 5.75 Å². The van der Waals surface area contributed by atoms with Gasteiger partial charge in [-0.15, -0.1) is 0 Å². The summed E-state index contributed by atoms with van der Waals surface area (Å²) in [5.74, 6) is 2.41. The van der Waals surface area contributed by atoms with Crippen molar-refractivity contribution in [2.24, 2.45) is 0 Å². The van der Waals surface area contributed by atoms with E-state index in [2.05, 4.69) is 11.5 Å². The standard InChI is InChI=1S/C39H59NO5/c1-6-11-12-13-14-15-16-17-18-19-20-21-22-23-28-40-34-29-33(43-8-3)30-35(44-9-4)36(34)38(41)39(45-10-5)37(40)31-24-26-32(27-25-31)42-7-2/h24-27,29-30H,6-23,28H2,1-5H3. The molecule has 0 unspecified atom stereocenters. The first-order valence-electron chi connectivity index (χ1n) is 18.0. The Morgan fingerprint density at radius 1 is 0.556 bits per heavy atom. The van der Waals surface area contributed by atoms with Crippen LogP contribution >= 0.6 is 0 Å². The average Bonchev–Trinajstić information content (AvgIpc) is 3.04. The first-order valence-corrected chi connectivity index (χ1v) is 18.0. The number of hydrogen-bond donors (Lipinski definition) is 0. The molecule has 0 bridgehead atoms. The van der Waals surface area contributed by atoms with E-state index in [1.807, 2.05) is 64.1 Å². The van der Waals surface area contributed by atoms with Crippen LogP contribution in [0.3, 0.4) is 0 Å². The van der Waals surface area contributed by atoms with Crippen LogP contribution in [0.5, 0.6) is 23.0 Å². The molecule has 0 aliphatic heterocycles. The third-order valence-corrected chi connectivity index (χ3v) is 8.34. The Morgan fingerprint density at radius 2 is 1.07 bits per heavy atom. The van der Waals surface area contributed by atoms with Gasteiger partial charge in [0.05, 0.1) is 43.0 Å². The van der Waals surface area contributed by atoms with E-state index < -0.39 is 0 Å². The molecule has 45 heavy (non-hydrogen) atoms. The van der Waals surface area contributed by atoms with E-state index in [0.29, 0.717) is 49.1 Å². The van der Waals surface area contributed by atoms with Gasteiger partial charge in [0.1, 0.15) is 17.2 Å². The van der Waals surface area contributed by atoms with Crippen LogP contribution in [-0.4, -0.2) is 31.0 Å². The molecule has 0 aliphatic rings. The number of ether oxygens (including phenoxy) is 4. The first kappa shape index (κ1) is 36.3. The van der Waals surface area contributed by atoms with Crippen LogP contribution in [0.1, 0.15) is 125 Å². The summed E-state index contributed by atoms with van der Waals surface area (Å²) < 4.78 is 26.1. The molecule has 6 nitrogen and oxygen atoms in total. The molecular formula is C39H59NO5. The zero-order valence-corrected chi connectivity index (χ0v) is 28.9. The fourth-order valence-electron chi connectivity index (χ4n) is 6.14. The monoisotopic (exact) mass is 621 g/mol. The molecule has 3 aromatic rings. The molecule has 0 spiro atoms. The van der Waals surface area contributed by atoms with Gasteiger partial charge in [-0.3, -0.25) is 4.79 Å². The maximum Gasteiger partial charge on any atom is 0.235 e. The summed E-state index contributed by atoms with van der Waals surface area (Å²) in [7, 11) is 0. The summed E-state index contributed by atoms with van der Waals surface area (Å²) in [5, 5.41) is 0.545. The highest BCUT2D eigenvalue weighted by atomic mass is 16.5. The van der Waals surface area contributed by atoms with Crippen molar-refractivity contribution in [3.63, 3.8) is 0 Å². The van der Waals surface area contributed by atoms with Gasteiger partial charge in [-0.25, -0.2) is 0 Å². The van der Waals surface area contributed by atoms with Crippen LogP contribution in [0.2, 0.25) is 0 Å². The van der Waals surface area contributed by atoms with Crippen molar-refractivity contribution >= 4 is 10.9 Å². The number of benzene rings is 2. The predicted molar refractivity (Wildman–Crippen MR) is 189 cm³/mol. The van der Waals surface area contributed by atoms with E-state index in [-0.39, 0.29) is 5.43 Å². The largest absolute Gasteiger partial charge is 0.494 e. The molecule has 6 heteroatoms. The number of aromatic nitrogens is 1. The van der Waals surface area contributed by atoms with Gasteiger partial charge < -0.3 is 23.5 Å². The highest BCUT2D eigenvalue weighted by Gasteiger charge is 2.23. The molecule has 0 atom stereocenters. The molecule has 0 saturated heterocycles. The van der Waals surface area contributed by atoms with Crippen molar-refractivity contribution in [2.75, 3.05) is 26.4 Å². The summed E-state index contributed by atoms with van der Waals surface area (Å²) >= 11 is 0. The maximum absolute atomic E-state index is 14.1. The number of aryl methyl sites for hydroxylation is 1. The lowest BCUT2D eigenvalue weighted by Gasteiger charge is -2.23. The van der Waals surface area contributed by atoms with Crippen molar-refractivity contribution in [2.45, 2.75) is 131 Å². The molecule has 0 amide bonds. The molecule has 0 fully saturated rings. The van der Waals surface area contributed by atoms with Gasteiger partial charge in [-0.2, -0.15) is 0 Å². The molecule has 0 aliphatic carbocycles. The van der Waals surface area contributed by atoms with Gasteiger partial charge in [-0.05, 0) is 58.4 Å². The fourth-order valence-corrected chi connectivity index (χ4v) is 6.14. The Morgan fingerprint density at radius 3 is 1.60 bits per heavy atom. The van der Waals surface area contributed by atoms with Crippen LogP contribution in [0, 0.1) is 0 Å². The van der Waals surface area contributed by atoms with Crippen LogP contribution < -0.4 is 24.4 Å². The summed E-state index contributed by atoms with van der Waals surface area (Å²) in [4.78, 5) is 14.1. The maximum atomic E-state index is 14.1. The number of fused-ring (bicyclic) bond motifs is 1. The minimum atomic E-state index is -0.153. The fraction of sp³-hybridized carbons (Fsp3) is 0.615. The van der Waals surface area contributed by atoms with E-state index in [9.17, 15) is 4.79 Å². The molecule has 0 N–H and O–H groups in total. The summed E-state index contributed by atoms with van der Waals surface area (Å²) in [6, 6.07) is 11.8. The molecule has 1 heterocycles. The molecular weight excluding hydrogens is 562 g/mol. The minimum absolute atomic E-state index is 0.153. The second kappa shape index (κ2) is 20.8. The molecule has 0 saturated carbocycles. The zero-order valence-electron chi connectivity index (χ0n) is 28.9. The third-order valence-electron chi connectivity index (χ3n) is 8.34. The smallest absolute Gasteiger partial charge is 0.235 e. The topological polar surface area (TPSA) is 58.9 Å². The molecule has 2 aromatic carbocycles. The molecule has 3 rings (SSSR count). The Kier molecular flexibility index (Phi) is 16.8. The van der Waals surface area contributed by atoms with Crippen LogP contribution in [0.25, 0.3) is 22.2 Å². The average molecular weight is 622 g/mol. The summed E-state index contributed by atoms with van der Waals surface area (Å²) in [6.07, 6.45) is 18.4. The molecule has 250 valence electrons. The van der Waals surface area contributed by atoms with Crippen LogP contribution in [0.15, 0.2) is 41.2 Å². The van der Waals surface area contributed by atoms with E-state index in [1.165, 1.54) is 77.0 Å². The second-order valence-corrected chi connectivity index (χ2v) is 11.8. The van der Waals surface area contributed by atoms with Crippen molar-refractivity contribution in [1.29, 1.82) is 0 Å². The van der Waals surface area contributed by atoms with E-state index in [1.54, 1.807) is 0 Å². The van der Waals surface area contributed by atoms with Gasteiger partial charge in [0, 0.05) is 24.2 Å². The molecule has 1 aromatic heterocycles. The zero-order chi connectivity index (χ0) is 32.3. The van der Waals surface area contributed by atoms with E-state index in [4.69, 9.17) is 18.9 Å². The number of unbranched alkanes of at least 4 members (excludes halogenated alkanes) is 13. The Hall–Kier alpha value is -3.15. The first-order chi connectivity index (χ1) is 22.1. The number of hydrogen-bond acceptors (Lipinski definition) is 5. The van der Waals surface area contributed by atoms with Crippen LogP contribution in [0.4, 0.5) is 0 Å². The highest BCUT2D eigenvalue weighted by molar-refractivity contribution is 5.92. The lowest BCUT2D eigenvalue weighted by Crippen LogP contribution is -2.18. The molecule has 0 radical (unpaired) electrons. The Labute approximate surface area is 272 Å². The predicted octanol–water partition coefficient (Wildman–Crippen LogP) is 10.7. The van der Waals surface area contributed by atoms with Gasteiger partial charge in [-0.1, -0.05) is 90.4 Å². The van der Waals surface area contributed by atoms with E-state index >= 15 is 0 Å². The van der Waals surface area contributed by atoms with Gasteiger partial charge in [0.25, 0.3) is 0 Å². The number of rotatable bonds is 24. The highest BCUT2D eigenvalue weighted by Crippen LogP contribution is 2.38. The van der Waals surface area contributed by atoms with Gasteiger partial charge in [0.2, 0.25) is 5.43 Å².